The average Bonchev–Trinajstić information content (AvgIpc) is 2.38. The Balaban J connectivity index is -0.0000000667. The van der Waals surface area contributed by atoms with Crippen LogP contribution in [-0.2, 0) is 0 Å². The Labute approximate surface area is 165 Å². The van der Waals surface area contributed by atoms with Crippen molar-refractivity contribution in [2.75, 3.05) is 13.1 Å². The number of unbranched alkanes of at least 4 members (excludes halogenated alkanes) is 2. The number of nitrogens with one attached hydrogen (secondary N) is 8. The quantitative estimate of drug-likeness (QED) is 0.168. The van der Waals surface area contributed by atoms with Gasteiger partial charge in [0, 0.05) is 13.1 Å². The molecule has 0 bridgehead atoms. The summed E-state index contributed by atoms with van der Waals surface area (Å²) in [5, 5.41) is 38.1. The predicted molar refractivity (Wildman–Crippen MR) is 111 cm³/mol. The maximum Gasteiger partial charge on any atom is 0.195 e. The summed E-state index contributed by atoms with van der Waals surface area (Å²) < 4.78 is 0. The molecule has 0 aromatic rings. The lowest BCUT2D eigenvalue weighted by atomic mass is 10.3. The van der Waals surface area contributed by atoms with Crippen molar-refractivity contribution in [1.29, 1.82) is 21.6 Å². The van der Waals surface area contributed by atoms with E-state index in [0.29, 0.717) is 0 Å². The minimum absolute atomic E-state index is 0. The van der Waals surface area contributed by atoms with Crippen LogP contribution in [0.5, 0.6) is 0 Å². The van der Waals surface area contributed by atoms with Crippen molar-refractivity contribution >= 4 is 48.7 Å². The van der Waals surface area contributed by atoms with Crippen LogP contribution in [0.15, 0.2) is 0 Å². The lowest BCUT2D eigenvalue weighted by Gasteiger charge is -2.07. The van der Waals surface area contributed by atoms with E-state index in [2.05, 4.69) is 35.1 Å². The first kappa shape index (κ1) is 39.1. The van der Waals surface area contributed by atoms with E-state index in [1.807, 2.05) is 0 Å². The molecule has 0 aromatic carbocycles. The summed E-state index contributed by atoms with van der Waals surface area (Å²) >= 11 is 0. The van der Waals surface area contributed by atoms with Gasteiger partial charge < -0.3 is 22.1 Å². The van der Waals surface area contributed by atoms with E-state index >= 15 is 0 Å². The fraction of sp³-hybridized carbons (Fsp3) is 0.667. The van der Waals surface area contributed by atoms with Crippen LogP contribution >= 0.6 is 24.8 Å². The van der Waals surface area contributed by atoms with Gasteiger partial charge in [-0.15, -0.1) is 24.8 Å². The molecule has 0 spiro atoms. The highest BCUT2D eigenvalue weighted by Gasteiger charge is 1.94. The first-order chi connectivity index (χ1) is 10.3. The molecule has 0 radical (unpaired) electrons. The van der Waals surface area contributed by atoms with Gasteiger partial charge in [0.15, 0.2) is 23.8 Å². The third kappa shape index (κ3) is 37.9. The minimum Gasteiger partial charge on any atom is -0.370 e. The van der Waals surface area contributed by atoms with Crippen molar-refractivity contribution < 1.29 is 9.41 Å². The zero-order valence-electron chi connectivity index (χ0n) is 15.0. The highest BCUT2D eigenvalue weighted by Crippen LogP contribution is 1.81. The Hall–Kier alpha value is -2.08. The summed E-state index contributed by atoms with van der Waals surface area (Å²) in [4.78, 5) is 0. The van der Waals surface area contributed by atoms with Gasteiger partial charge in [0.2, 0.25) is 0 Å². The molecular weight excluding hydrogens is 393 g/mol. The van der Waals surface area contributed by atoms with Crippen molar-refractivity contribution in [3.05, 3.63) is 0 Å². The smallest absolute Gasteiger partial charge is 0.195 e. The van der Waals surface area contributed by atoms with Crippen LogP contribution < -0.4 is 32.7 Å². The number of rotatable bonds is 6. The fourth-order valence-electron chi connectivity index (χ4n) is 1.14. The molecule has 10 nitrogen and oxygen atoms in total. The molecule has 12 N–H and O–H groups in total. The second kappa shape index (κ2) is 27.8. The van der Waals surface area contributed by atoms with Gasteiger partial charge in [-0.25, -0.2) is 0 Å². The maximum absolute atomic E-state index is 7.15. The second-order valence-electron chi connectivity index (χ2n) is 4.39. The van der Waals surface area contributed by atoms with Crippen LogP contribution in [0.3, 0.4) is 0 Å². The Morgan fingerprint density at radius 3 is 1.15 bits per heavy atom. The zero-order chi connectivity index (χ0) is 17.4. The Bertz CT molecular complexity index is 338. The normalized spacial score (nSPS) is 7.46. The second-order valence-corrected chi connectivity index (χ2v) is 4.39. The van der Waals surface area contributed by atoms with E-state index in [4.69, 9.17) is 33.1 Å². The van der Waals surface area contributed by atoms with E-state index in [1.54, 1.807) is 0 Å². The van der Waals surface area contributed by atoms with E-state index in [-0.39, 0.29) is 58.1 Å². The molecule has 0 unspecified atom stereocenters. The van der Waals surface area contributed by atoms with Crippen molar-refractivity contribution in [3.8, 4) is 0 Å². The van der Waals surface area contributed by atoms with Crippen molar-refractivity contribution in [1.82, 2.24) is 21.3 Å². The molecule has 14 heteroatoms. The van der Waals surface area contributed by atoms with Gasteiger partial charge in [-0.05, 0) is 12.8 Å². The van der Waals surface area contributed by atoms with Gasteiger partial charge in [-0.2, -0.15) is 0 Å². The van der Waals surface area contributed by atoms with Crippen LogP contribution in [-0.4, -0.2) is 36.9 Å². The molecule has 0 saturated carbocycles. The van der Waals surface area contributed by atoms with Gasteiger partial charge in [-0.3, -0.25) is 41.7 Å². The van der Waals surface area contributed by atoms with E-state index in [0.717, 1.165) is 38.8 Å². The standard InChI is InChI=1S/2C6H15N5.2ClH.2FH/c2*1-2-3-4-10-6(9)11-5(7)8;;;;/h2*2-4H2,1H3,(H6,7,8,9,10,11);4*1H. The van der Waals surface area contributed by atoms with Crippen LogP contribution in [0.4, 0.5) is 9.41 Å². The number of nitrogens with two attached hydrogens (primary N) is 2. The molecule has 0 amide bonds. The highest BCUT2D eigenvalue weighted by atomic mass is 35.5. The summed E-state index contributed by atoms with van der Waals surface area (Å²) in [5.41, 5.74) is 9.98. The summed E-state index contributed by atoms with van der Waals surface area (Å²) in [6, 6.07) is 0. The highest BCUT2D eigenvalue weighted by molar-refractivity contribution is 5.95. The summed E-state index contributed by atoms with van der Waals surface area (Å²) in [6.45, 7) is 5.64. The Morgan fingerprint density at radius 1 is 0.692 bits per heavy atom. The lowest BCUT2D eigenvalue weighted by Crippen LogP contribution is -2.43. The SMILES string of the molecule is CCCCNC(=N)NC(=N)N.CCCCNC(=N)NC(=N)N.Cl.Cl.F.F. The van der Waals surface area contributed by atoms with Crippen molar-refractivity contribution in [2.24, 2.45) is 11.5 Å². The van der Waals surface area contributed by atoms with Gasteiger partial charge in [0.1, 0.15) is 0 Å². The van der Waals surface area contributed by atoms with Gasteiger partial charge in [0.25, 0.3) is 0 Å². The first-order valence-electron chi connectivity index (χ1n) is 7.20. The van der Waals surface area contributed by atoms with Crippen LogP contribution in [0.1, 0.15) is 39.5 Å². The minimum atomic E-state index is -0.209. The fourth-order valence-corrected chi connectivity index (χ4v) is 1.14. The molecule has 26 heavy (non-hydrogen) atoms. The first-order valence-corrected chi connectivity index (χ1v) is 7.20. The molecule has 0 heterocycles. The summed E-state index contributed by atoms with van der Waals surface area (Å²) in [5.74, 6) is -0.241. The van der Waals surface area contributed by atoms with E-state index < -0.39 is 0 Å². The molecule has 0 aliphatic rings. The van der Waals surface area contributed by atoms with Gasteiger partial charge >= 0.3 is 0 Å². The Kier molecular flexibility index (Phi) is 41.8. The summed E-state index contributed by atoms with van der Waals surface area (Å²) in [7, 11) is 0. The van der Waals surface area contributed by atoms with Crippen molar-refractivity contribution in [2.45, 2.75) is 39.5 Å². The molecule has 0 aliphatic heterocycles. The molecule has 0 fully saturated rings. The molecule has 160 valence electrons. The number of hydrogen-bond donors (Lipinski definition) is 10. The third-order valence-electron chi connectivity index (χ3n) is 2.18. The van der Waals surface area contributed by atoms with Crippen LogP contribution in [0.2, 0.25) is 0 Å². The zero-order valence-corrected chi connectivity index (χ0v) is 16.7. The monoisotopic (exact) mass is 426 g/mol. The predicted octanol–water partition coefficient (Wildman–Crippen LogP) is 0.736. The number of hydrogen-bond acceptors (Lipinski definition) is 4. The molecule has 0 atom stereocenters. The molecule has 0 saturated heterocycles. The van der Waals surface area contributed by atoms with E-state index in [1.165, 1.54) is 0 Å². The van der Waals surface area contributed by atoms with Crippen molar-refractivity contribution in [3.63, 3.8) is 0 Å². The molecular formula is C12H34Cl2F2N10. The number of guanidine groups is 4. The van der Waals surface area contributed by atoms with Gasteiger partial charge in [-0.1, -0.05) is 26.7 Å². The van der Waals surface area contributed by atoms with Gasteiger partial charge in [0.05, 0.1) is 0 Å². The van der Waals surface area contributed by atoms with E-state index in [9.17, 15) is 0 Å². The third-order valence-corrected chi connectivity index (χ3v) is 2.18. The molecule has 0 aromatic heterocycles. The molecule has 0 aliphatic carbocycles. The average molecular weight is 427 g/mol. The number of halogens is 4. The maximum atomic E-state index is 7.15. The molecule has 0 rings (SSSR count). The van der Waals surface area contributed by atoms with Crippen LogP contribution in [0.25, 0.3) is 0 Å². The van der Waals surface area contributed by atoms with Crippen LogP contribution in [0, 0.1) is 21.6 Å². The topological polar surface area (TPSA) is 196 Å². The Morgan fingerprint density at radius 2 is 0.962 bits per heavy atom. The summed E-state index contributed by atoms with van der Waals surface area (Å²) in [6.07, 6.45) is 4.20. The lowest BCUT2D eigenvalue weighted by molar-refractivity contribution is 0.744. The largest absolute Gasteiger partial charge is 0.370 e.